The number of nitrogens with zero attached hydrogens (tertiary/aromatic N) is 6. The average Bonchev–Trinajstić information content (AvgIpc) is 3.36. The highest BCUT2D eigenvalue weighted by Crippen LogP contribution is 2.34. The van der Waals surface area contributed by atoms with Crippen LogP contribution >= 0.6 is 0 Å². The maximum Gasteiger partial charge on any atom is 0.256 e. The second-order valence-corrected chi connectivity index (χ2v) is 10.1. The smallest absolute Gasteiger partial charge is 0.256 e. The largest absolute Gasteiger partial charge is 0.383 e. The van der Waals surface area contributed by atoms with E-state index in [1.54, 1.807) is 23.8 Å². The van der Waals surface area contributed by atoms with Gasteiger partial charge in [-0.1, -0.05) is 12.1 Å². The minimum Gasteiger partial charge on any atom is -0.383 e. The lowest BCUT2D eigenvalue weighted by Gasteiger charge is -2.32. The van der Waals surface area contributed by atoms with Gasteiger partial charge in [0.05, 0.1) is 11.4 Å². The zero-order valence-electron chi connectivity index (χ0n) is 22.4. The standard InChI is InChI=1S/C28H33N9O3/c1-18-11-12-30-22(15-18)33-28(39)20-9-7-19(8-10-20)25-24-26(29)31-17-32-27(24)37(34-25)21-5-4-14-36(16-21)13-3-2-6-23(38)35-40/h7-12,15,17,21,40H,2-6,13-14,16H2,1H3,(H,35,38)(H2,29,31,32)(H,30,33,39). The number of aryl methyl sites for hydroxylation is 1. The molecule has 1 aromatic carbocycles. The Labute approximate surface area is 231 Å². The number of pyridine rings is 1. The summed E-state index contributed by atoms with van der Waals surface area (Å²) in [5.74, 6) is 0.248. The van der Waals surface area contributed by atoms with E-state index in [1.807, 2.05) is 35.9 Å². The Bertz CT molecular complexity index is 1500. The number of hydroxylamine groups is 1. The summed E-state index contributed by atoms with van der Waals surface area (Å²) in [6.07, 6.45) is 6.96. The molecule has 1 unspecified atom stereocenters. The van der Waals surface area contributed by atoms with Gasteiger partial charge < -0.3 is 16.0 Å². The molecule has 12 heteroatoms. The number of likely N-dealkylation sites (tertiary alicyclic amines) is 1. The Balaban J connectivity index is 1.34. The van der Waals surface area contributed by atoms with Crippen molar-refractivity contribution < 1.29 is 14.8 Å². The summed E-state index contributed by atoms with van der Waals surface area (Å²) in [5.41, 5.74) is 11.7. The van der Waals surface area contributed by atoms with Gasteiger partial charge in [0, 0.05) is 30.3 Å². The van der Waals surface area contributed by atoms with Crippen LogP contribution in [0.15, 0.2) is 48.9 Å². The van der Waals surface area contributed by atoms with Gasteiger partial charge in [-0.15, -0.1) is 0 Å². The van der Waals surface area contributed by atoms with Crippen molar-refractivity contribution in [3.8, 4) is 11.3 Å². The number of hydrogen-bond donors (Lipinski definition) is 4. The quantitative estimate of drug-likeness (QED) is 0.141. The first-order valence-corrected chi connectivity index (χ1v) is 13.4. The highest BCUT2D eigenvalue weighted by molar-refractivity contribution is 6.04. The van der Waals surface area contributed by atoms with Gasteiger partial charge in [-0.2, -0.15) is 5.10 Å². The van der Waals surface area contributed by atoms with Gasteiger partial charge in [-0.05, 0) is 75.5 Å². The molecule has 1 aliphatic rings. The molecule has 4 aromatic rings. The lowest BCUT2D eigenvalue weighted by atomic mass is 10.0. The number of anilines is 2. The monoisotopic (exact) mass is 543 g/mol. The number of hydrogen-bond acceptors (Lipinski definition) is 9. The van der Waals surface area contributed by atoms with Crippen LogP contribution in [0.4, 0.5) is 11.6 Å². The SMILES string of the molecule is Cc1ccnc(NC(=O)c2ccc(-c3nn(C4CCCN(CCCCC(=O)NO)C4)c4ncnc(N)c34)cc2)c1. The van der Waals surface area contributed by atoms with Gasteiger partial charge in [-0.3, -0.25) is 14.8 Å². The van der Waals surface area contributed by atoms with Gasteiger partial charge in [0.1, 0.15) is 23.7 Å². The van der Waals surface area contributed by atoms with E-state index in [2.05, 4.69) is 25.2 Å². The molecule has 0 spiro atoms. The third-order valence-electron chi connectivity index (χ3n) is 7.18. The van der Waals surface area contributed by atoms with E-state index in [9.17, 15) is 9.59 Å². The molecule has 0 saturated carbocycles. The Morgan fingerprint density at radius 3 is 2.73 bits per heavy atom. The van der Waals surface area contributed by atoms with Crippen molar-refractivity contribution in [2.75, 3.05) is 30.7 Å². The molecule has 1 fully saturated rings. The van der Waals surface area contributed by atoms with Gasteiger partial charge in [0.15, 0.2) is 5.65 Å². The number of benzene rings is 1. The van der Waals surface area contributed by atoms with Crippen molar-refractivity contribution in [1.29, 1.82) is 0 Å². The third kappa shape index (κ3) is 6.08. The summed E-state index contributed by atoms with van der Waals surface area (Å²) in [7, 11) is 0. The van der Waals surface area contributed by atoms with Gasteiger partial charge in [-0.25, -0.2) is 25.1 Å². The maximum atomic E-state index is 12.8. The molecule has 1 saturated heterocycles. The van der Waals surface area contributed by atoms with E-state index in [0.717, 1.165) is 50.0 Å². The molecular formula is C28H33N9O3. The van der Waals surface area contributed by atoms with Crippen LogP contribution in [0.25, 0.3) is 22.3 Å². The van der Waals surface area contributed by atoms with E-state index >= 15 is 0 Å². The molecule has 12 nitrogen and oxygen atoms in total. The zero-order valence-corrected chi connectivity index (χ0v) is 22.4. The topological polar surface area (TPSA) is 164 Å². The number of carbonyl (C=O) groups is 2. The summed E-state index contributed by atoms with van der Waals surface area (Å²) in [5, 5.41) is 17.2. The Hall–Kier alpha value is -4.42. The number of rotatable bonds is 9. The first-order chi connectivity index (χ1) is 19.4. The van der Waals surface area contributed by atoms with E-state index in [4.69, 9.17) is 16.0 Å². The maximum absolute atomic E-state index is 12.8. The van der Waals surface area contributed by atoms with Crippen molar-refractivity contribution >= 4 is 34.5 Å². The number of amides is 2. The van der Waals surface area contributed by atoms with Crippen molar-refractivity contribution in [3.05, 3.63) is 60.0 Å². The molecule has 40 heavy (non-hydrogen) atoms. The van der Waals surface area contributed by atoms with Crippen LogP contribution in [0, 0.1) is 6.92 Å². The Morgan fingerprint density at radius 2 is 1.95 bits per heavy atom. The van der Waals surface area contributed by atoms with Crippen molar-refractivity contribution in [2.45, 2.75) is 45.1 Å². The van der Waals surface area contributed by atoms with Crippen LogP contribution in [0.2, 0.25) is 0 Å². The number of nitrogens with two attached hydrogens (primary N) is 1. The van der Waals surface area contributed by atoms with Gasteiger partial charge in [0.2, 0.25) is 5.91 Å². The number of piperidine rings is 1. The number of carbonyl (C=O) groups excluding carboxylic acids is 2. The Morgan fingerprint density at radius 1 is 1.12 bits per heavy atom. The fourth-order valence-electron chi connectivity index (χ4n) is 5.14. The molecule has 5 N–H and O–H groups in total. The number of fused-ring (bicyclic) bond motifs is 1. The highest BCUT2D eigenvalue weighted by Gasteiger charge is 2.26. The molecule has 2 amide bonds. The minimum atomic E-state index is -0.360. The first-order valence-electron chi connectivity index (χ1n) is 13.4. The molecule has 1 atom stereocenters. The summed E-state index contributed by atoms with van der Waals surface area (Å²) in [4.78, 5) is 39.4. The van der Waals surface area contributed by atoms with Crippen molar-refractivity contribution in [3.63, 3.8) is 0 Å². The molecule has 208 valence electrons. The van der Waals surface area contributed by atoms with Crippen LogP contribution in [0.1, 0.15) is 54.1 Å². The summed E-state index contributed by atoms with van der Waals surface area (Å²) < 4.78 is 1.96. The fraction of sp³-hybridized carbons (Fsp3) is 0.357. The van der Waals surface area contributed by atoms with E-state index in [1.165, 1.54) is 6.33 Å². The highest BCUT2D eigenvalue weighted by atomic mass is 16.5. The van der Waals surface area contributed by atoms with Gasteiger partial charge in [0.25, 0.3) is 5.91 Å². The first kappa shape index (κ1) is 27.2. The van der Waals surface area contributed by atoms with Crippen LogP contribution in [0.3, 0.4) is 0 Å². The predicted octanol–water partition coefficient (Wildman–Crippen LogP) is 3.34. The number of unbranched alkanes of at least 4 members (excludes halogenated alkanes) is 1. The van der Waals surface area contributed by atoms with Crippen LogP contribution in [-0.4, -0.2) is 66.3 Å². The fourth-order valence-corrected chi connectivity index (χ4v) is 5.14. The second-order valence-electron chi connectivity index (χ2n) is 10.1. The zero-order chi connectivity index (χ0) is 28.1. The normalized spacial score (nSPS) is 15.7. The summed E-state index contributed by atoms with van der Waals surface area (Å²) in [6, 6.07) is 11.0. The molecule has 1 aliphatic heterocycles. The molecule has 0 bridgehead atoms. The molecule has 3 aromatic heterocycles. The molecule has 4 heterocycles. The van der Waals surface area contributed by atoms with Crippen LogP contribution in [-0.2, 0) is 4.79 Å². The molecule has 0 radical (unpaired) electrons. The number of aromatic nitrogens is 5. The molecule has 5 rings (SSSR count). The number of nitrogens with one attached hydrogen (secondary N) is 2. The third-order valence-corrected chi connectivity index (χ3v) is 7.18. The molecular weight excluding hydrogens is 510 g/mol. The van der Waals surface area contributed by atoms with Crippen LogP contribution in [0.5, 0.6) is 0 Å². The van der Waals surface area contributed by atoms with Crippen molar-refractivity contribution in [2.24, 2.45) is 0 Å². The lowest BCUT2D eigenvalue weighted by molar-refractivity contribution is -0.129. The summed E-state index contributed by atoms with van der Waals surface area (Å²) in [6.45, 7) is 4.59. The number of nitrogen functional groups attached to an aromatic ring is 1. The van der Waals surface area contributed by atoms with Crippen molar-refractivity contribution in [1.82, 2.24) is 35.1 Å². The minimum absolute atomic E-state index is 0.104. The van der Waals surface area contributed by atoms with E-state index < -0.39 is 0 Å². The average molecular weight is 544 g/mol. The van der Waals surface area contributed by atoms with E-state index in [-0.39, 0.29) is 17.9 Å². The second kappa shape index (κ2) is 12.2. The Kier molecular flexibility index (Phi) is 8.27. The van der Waals surface area contributed by atoms with Crippen LogP contribution < -0.4 is 16.5 Å². The predicted molar refractivity (Wildman–Crippen MR) is 151 cm³/mol. The lowest BCUT2D eigenvalue weighted by Crippen LogP contribution is -2.37. The summed E-state index contributed by atoms with van der Waals surface area (Å²) >= 11 is 0. The molecule has 0 aliphatic carbocycles. The van der Waals surface area contributed by atoms with Gasteiger partial charge >= 0.3 is 0 Å². The van der Waals surface area contributed by atoms with E-state index in [0.29, 0.717) is 46.8 Å².